The zero-order valence-electron chi connectivity index (χ0n) is 12.6. The number of aryl methyl sites for hydroxylation is 2. The minimum Gasteiger partial charge on any atom is -0.465 e. The number of nitrogens with zero attached hydrogens (tertiary/aromatic N) is 2. The number of ether oxygens (including phenoxy) is 1. The third-order valence-electron chi connectivity index (χ3n) is 3.10. The van der Waals surface area contributed by atoms with Crippen LogP contribution >= 0.6 is 0 Å². The Morgan fingerprint density at radius 3 is 2.86 bits per heavy atom. The second-order valence-electron chi connectivity index (χ2n) is 4.90. The summed E-state index contributed by atoms with van der Waals surface area (Å²) in [6.07, 6.45) is 1.65. The molecule has 1 aromatic carbocycles. The first kappa shape index (κ1) is 15.2. The number of hydrogen-bond acceptors (Lipinski definition) is 5. The van der Waals surface area contributed by atoms with Crippen molar-refractivity contribution in [3.05, 3.63) is 47.1 Å². The summed E-state index contributed by atoms with van der Waals surface area (Å²) in [5, 5.41) is 3.92. The fraction of sp³-hybridized carbons (Fsp3) is 0.438. The van der Waals surface area contributed by atoms with Gasteiger partial charge in [-0.05, 0) is 25.8 Å². The van der Waals surface area contributed by atoms with Crippen molar-refractivity contribution in [2.75, 3.05) is 6.61 Å². The number of hydrogen-bond donors (Lipinski definition) is 0. The molecule has 112 valence electrons. The molecule has 0 bridgehead atoms. The Balaban J connectivity index is 2.37. The van der Waals surface area contributed by atoms with Crippen LogP contribution in [0.2, 0.25) is 0 Å². The van der Waals surface area contributed by atoms with Gasteiger partial charge in [0.1, 0.15) is 0 Å². The lowest BCUT2D eigenvalue weighted by atomic mass is 9.97. The molecular formula is C16H20N2O3. The molecule has 1 unspecified atom stereocenters. The van der Waals surface area contributed by atoms with Gasteiger partial charge in [-0.3, -0.25) is 4.79 Å². The zero-order chi connectivity index (χ0) is 15.2. The van der Waals surface area contributed by atoms with Gasteiger partial charge in [0.2, 0.25) is 5.89 Å². The van der Waals surface area contributed by atoms with Crippen LogP contribution in [0.5, 0.6) is 0 Å². The molecule has 0 saturated heterocycles. The van der Waals surface area contributed by atoms with Gasteiger partial charge in [-0.25, -0.2) is 0 Å². The predicted molar refractivity (Wildman–Crippen MR) is 77.9 cm³/mol. The highest BCUT2D eigenvalue weighted by atomic mass is 16.5. The van der Waals surface area contributed by atoms with Crippen LogP contribution in [0.3, 0.4) is 0 Å². The maximum absolute atomic E-state index is 12.3. The van der Waals surface area contributed by atoms with E-state index in [2.05, 4.69) is 10.1 Å². The summed E-state index contributed by atoms with van der Waals surface area (Å²) in [5.41, 5.74) is 1.87. The lowest BCUT2D eigenvalue weighted by molar-refractivity contribution is -0.144. The SMILES string of the molecule is CCCc1noc(C(C(=O)OCC)c2cccc(C)c2)n1. The van der Waals surface area contributed by atoms with Crippen molar-refractivity contribution in [1.29, 1.82) is 0 Å². The minimum absolute atomic E-state index is 0.294. The van der Waals surface area contributed by atoms with Crippen molar-refractivity contribution in [2.24, 2.45) is 0 Å². The van der Waals surface area contributed by atoms with Crippen molar-refractivity contribution < 1.29 is 14.1 Å². The number of esters is 1. The van der Waals surface area contributed by atoms with E-state index in [1.807, 2.05) is 38.1 Å². The van der Waals surface area contributed by atoms with Gasteiger partial charge in [-0.1, -0.05) is 41.9 Å². The largest absolute Gasteiger partial charge is 0.465 e. The smallest absolute Gasteiger partial charge is 0.323 e. The van der Waals surface area contributed by atoms with Gasteiger partial charge in [-0.15, -0.1) is 0 Å². The summed E-state index contributed by atoms with van der Waals surface area (Å²) >= 11 is 0. The van der Waals surface area contributed by atoms with Crippen molar-refractivity contribution in [3.63, 3.8) is 0 Å². The first-order valence-corrected chi connectivity index (χ1v) is 7.21. The molecule has 5 nitrogen and oxygen atoms in total. The van der Waals surface area contributed by atoms with Crippen molar-refractivity contribution >= 4 is 5.97 Å². The zero-order valence-corrected chi connectivity index (χ0v) is 12.6. The van der Waals surface area contributed by atoms with Gasteiger partial charge >= 0.3 is 5.97 Å². The predicted octanol–water partition coefficient (Wildman–Crippen LogP) is 3.03. The van der Waals surface area contributed by atoms with E-state index in [0.29, 0.717) is 18.3 Å². The van der Waals surface area contributed by atoms with Crippen LogP contribution in [0.4, 0.5) is 0 Å². The molecular weight excluding hydrogens is 268 g/mol. The summed E-state index contributed by atoms with van der Waals surface area (Å²) in [6.45, 7) is 6.11. The molecule has 21 heavy (non-hydrogen) atoms. The molecule has 2 aromatic rings. The fourth-order valence-electron chi connectivity index (χ4n) is 2.16. The van der Waals surface area contributed by atoms with Gasteiger partial charge in [0.25, 0.3) is 0 Å². The monoisotopic (exact) mass is 288 g/mol. The summed E-state index contributed by atoms with van der Waals surface area (Å²) in [6, 6.07) is 7.69. The molecule has 0 saturated carbocycles. The summed E-state index contributed by atoms with van der Waals surface area (Å²) < 4.78 is 10.4. The number of rotatable bonds is 6. The average molecular weight is 288 g/mol. The Bertz CT molecular complexity index is 607. The number of carbonyl (C=O) groups excluding carboxylic acids is 1. The molecule has 1 aromatic heterocycles. The molecule has 0 spiro atoms. The van der Waals surface area contributed by atoms with Crippen LogP contribution in [0, 0.1) is 6.92 Å². The van der Waals surface area contributed by atoms with E-state index in [1.165, 1.54) is 0 Å². The third-order valence-corrected chi connectivity index (χ3v) is 3.10. The van der Waals surface area contributed by atoms with Crippen LogP contribution < -0.4 is 0 Å². The number of aromatic nitrogens is 2. The molecule has 0 aliphatic heterocycles. The molecule has 0 aliphatic rings. The van der Waals surface area contributed by atoms with Gasteiger partial charge < -0.3 is 9.26 Å². The van der Waals surface area contributed by atoms with Gasteiger partial charge in [0, 0.05) is 6.42 Å². The van der Waals surface area contributed by atoms with E-state index in [1.54, 1.807) is 6.92 Å². The standard InChI is InChI=1S/C16H20N2O3/c1-4-7-13-17-15(21-18-13)14(16(19)20-5-2)12-9-6-8-11(3)10-12/h6,8-10,14H,4-5,7H2,1-3H3. The van der Waals surface area contributed by atoms with E-state index in [9.17, 15) is 4.79 Å². The average Bonchev–Trinajstić information content (AvgIpc) is 2.88. The van der Waals surface area contributed by atoms with Crippen molar-refractivity contribution in [3.8, 4) is 0 Å². The lowest BCUT2D eigenvalue weighted by Crippen LogP contribution is -2.18. The summed E-state index contributed by atoms with van der Waals surface area (Å²) in [7, 11) is 0. The van der Waals surface area contributed by atoms with Gasteiger partial charge in [0.05, 0.1) is 6.61 Å². The Morgan fingerprint density at radius 2 is 2.19 bits per heavy atom. The minimum atomic E-state index is -0.664. The number of benzene rings is 1. The molecule has 0 amide bonds. The molecule has 1 heterocycles. The molecule has 0 aliphatic carbocycles. The highest BCUT2D eigenvalue weighted by molar-refractivity contribution is 5.80. The maximum atomic E-state index is 12.3. The van der Waals surface area contributed by atoms with Crippen LogP contribution in [-0.4, -0.2) is 22.7 Å². The third kappa shape index (κ3) is 3.68. The van der Waals surface area contributed by atoms with Crippen molar-refractivity contribution in [2.45, 2.75) is 39.5 Å². The first-order valence-electron chi connectivity index (χ1n) is 7.21. The molecule has 0 N–H and O–H groups in total. The van der Waals surface area contributed by atoms with E-state index in [-0.39, 0.29) is 5.97 Å². The quantitative estimate of drug-likeness (QED) is 0.764. The lowest BCUT2D eigenvalue weighted by Gasteiger charge is -2.12. The highest BCUT2D eigenvalue weighted by Gasteiger charge is 2.30. The fourth-order valence-corrected chi connectivity index (χ4v) is 2.16. The van der Waals surface area contributed by atoms with E-state index in [4.69, 9.17) is 9.26 Å². The molecule has 5 heteroatoms. The Kier molecular flexibility index (Phi) is 5.09. The van der Waals surface area contributed by atoms with E-state index >= 15 is 0 Å². The van der Waals surface area contributed by atoms with Crippen LogP contribution in [0.1, 0.15) is 49.0 Å². The first-order chi connectivity index (χ1) is 10.2. The van der Waals surface area contributed by atoms with Crippen LogP contribution in [0.25, 0.3) is 0 Å². The van der Waals surface area contributed by atoms with Gasteiger partial charge in [-0.2, -0.15) is 4.98 Å². The molecule has 0 fully saturated rings. The summed E-state index contributed by atoms with van der Waals surface area (Å²) in [4.78, 5) is 16.6. The van der Waals surface area contributed by atoms with Gasteiger partial charge in [0.15, 0.2) is 11.7 Å². The molecule has 0 radical (unpaired) electrons. The second-order valence-corrected chi connectivity index (χ2v) is 4.90. The highest BCUT2D eigenvalue weighted by Crippen LogP contribution is 2.26. The normalized spacial score (nSPS) is 12.1. The van der Waals surface area contributed by atoms with E-state index in [0.717, 1.165) is 24.0 Å². The van der Waals surface area contributed by atoms with Crippen LogP contribution in [0.15, 0.2) is 28.8 Å². The molecule has 2 rings (SSSR count). The Morgan fingerprint density at radius 1 is 1.38 bits per heavy atom. The summed E-state index contributed by atoms with van der Waals surface area (Å²) in [5.74, 6) is -0.116. The van der Waals surface area contributed by atoms with Crippen molar-refractivity contribution in [1.82, 2.24) is 10.1 Å². The maximum Gasteiger partial charge on any atom is 0.323 e. The number of carbonyl (C=O) groups is 1. The van der Waals surface area contributed by atoms with E-state index < -0.39 is 5.92 Å². The topological polar surface area (TPSA) is 65.2 Å². The Hall–Kier alpha value is -2.17. The second kappa shape index (κ2) is 7.02. The Labute approximate surface area is 124 Å². The van der Waals surface area contributed by atoms with Crippen LogP contribution in [-0.2, 0) is 16.0 Å². The molecule has 1 atom stereocenters.